The van der Waals surface area contributed by atoms with Crippen molar-refractivity contribution in [2.75, 3.05) is 13.4 Å². The van der Waals surface area contributed by atoms with E-state index < -0.39 is 11.9 Å². The molecule has 4 heteroatoms. The Balaban J connectivity index is 2.26. The fourth-order valence-electron chi connectivity index (χ4n) is 1.82. The number of unbranched alkanes of at least 4 members (excludes halogenated alkanes) is 3. The van der Waals surface area contributed by atoms with Crippen molar-refractivity contribution in [3.05, 3.63) is 0 Å². The average molecular weight is 216 g/mol. The summed E-state index contributed by atoms with van der Waals surface area (Å²) in [4.78, 5) is 10.9. The minimum Gasteiger partial charge on any atom is -0.481 e. The zero-order valence-electron chi connectivity index (χ0n) is 9.28. The average Bonchev–Trinajstić information content (AvgIpc) is 2.25. The molecule has 1 N–H and O–H groups in total. The van der Waals surface area contributed by atoms with Crippen molar-refractivity contribution in [1.82, 2.24) is 0 Å². The zero-order valence-corrected chi connectivity index (χ0v) is 9.28. The third kappa shape index (κ3) is 4.18. The number of aliphatic carboxylic acids is 1. The van der Waals surface area contributed by atoms with Crippen molar-refractivity contribution in [1.29, 1.82) is 0 Å². The van der Waals surface area contributed by atoms with Crippen molar-refractivity contribution in [2.45, 2.75) is 45.1 Å². The molecule has 0 aromatic carbocycles. The van der Waals surface area contributed by atoms with Crippen LogP contribution in [0.25, 0.3) is 0 Å². The second-order valence-corrected chi connectivity index (χ2v) is 3.99. The van der Waals surface area contributed by atoms with Crippen LogP contribution in [0.1, 0.15) is 39.0 Å². The minimum atomic E-state index is -0.810. The lowest BCUT2D eigenvalue weighted by atomic mass is 9.97. The first-order valence-electron chi connectivity index (χ1n) is 5.68. The van der Waals surface area contributed by atoms with Gasteiger partial charge in [-0.15, -0.1) is 0 Å². The molecule has 0 aromatic rings. The molecule has 0 aliphatic carbocycles. The number of carbonyl (C=O) groups is 1. The molecule has 1 aliphatic rings. The molecule has 15 heavy (non-hydrogen) atoms. The predicted molar refractivity (Wildman–Crippen MR) is 55.6 cm³/mol. The highest BCUT2D eigenvalue weighted by Crippen LogP contribution is 2.20. The lowest BCUT2D eigenvalue weighted by Gasteiger charge is -2.28. The molecule has 1 aliphatic heterocycles. The van der Waals surface area contributed by atoms with E-state index in [1.165, 1.54) is 12.8 Å². The normalized spacial score (nSPS) is 26.5. The van der Waals surface area contributed by atoms with Gasteiger partial charge < -0.3 is 14.6 Å². The van der Waals surface area contributed by atoms with Gasteiger partial charge in [0.25, 0.3) is 0 Å². The smallest absolute Gasteiger partial charge is 0.311 e. The predicted octanol–water partition coefficient (Wildman–Crippen LogP) is 2.03. The van der Waals surface area contributed by atoms with Crippen LogP contribution < -0.4 is 0 Å². The van der Waals surface area contributed by atoms with Gasteiger partial charge in [0.15, 0.2) is 0 Å². The summed E-state index contributed by atoms with van der Waals surface area (Å²) in [5.41, 5.74) is 0. The standard InChI is InChI=1S/C11H20O4/c1-2-3-4-5-6-10-9(11(12)13)7-14-8-15-10/h9-10H,2-8H2,1H3,(H,12,13)/t9-,10+/m1/s1. The van der Waals surface area contributed by atoms with E-state index in [-0.39, 0.29) is 19.5 Å². The van der Waals surface area contributed by atoms with Crippen molar-refractivity contribution in [3.63, 3.8) is 0 Å². The fourth-order valence-corrected chi connectivity index (χ4v) is 1.82. The molecular formula is C11H20O4. The molecular weight excluding hydrogens is 196 g/mol. The van der Waals surface area contributed by atoms with Gasteiger partial charge in [-0.25, -0.2) is 0 Å². The van der Waals surface area contributed by atoms with Gasteiger partial charge in [-0.1, -0.05) is 32.6 Å². The van der Waals surface area contributed by atoms with E-state index in [0.29, 0.717) is 0 Å². The van der Waals surface area contributed by atoms with Crippen LogP contribution in [-0.2, 0) is 14.3 Å². The first kappa shape index (κ1) is 12.5. The Kier molecular flexibility index (Phi) is 5.65. The van der Waals surface area contributed by atoms with Crippen molar-refractivity contribution in [3.8, 4) is 0 Å². The van der Waals surface area contributed by atoms with Crippen LogP contribution in [0.5, 0.6) is 0 Å². The zero-order chi connectivity index (χ0) is 11.1. The lowest BCUT2D eigenvalue weighted by molar-refractivity contribution is -0.189. The summed E-state index contributed by atoms with van der Waals surface area (Å²) < 4.78 is 10.3. The van der Waals surface area contributed by atoms with Gasteiger partial charge in [-0.05, 0) is 6.42 Å². The van der Waals surface area contributed by atoms with Gasteiger partial charge in [0.2, 0.25) is 0 Å². The molecule has 0 unspecified atom stereocenters. The van der Waals surface area contributed by atoms with E-state index in [0.717, 1.165) is 19.3 Å². The monoisotopic (exact) mass is 216 g/mol. The van der Waals surface area contributed by atoms with Crippen LogP contribution in [0.3, 0.4) is 0 Å². The first-order valence-corrected chi connectivity index (χ1v) is 5.68. The Bertz CT molecular complexity index is 193. The highest BCUT2D eigenvalue weighted by molar-refractivity contribution is 5.70. The Labute approximate surface area is 90.6 Å². The van der Waals surface area contributed by atoms with Crippen LogP contribution >= 0.6 is 0 Å². The van der Waals surface area contributed by atoms with Crippen LogP contribution in [0.4, 0.5) is 0 Å². The van der Waals surface area contributed by atoms with E-state index in [1.54, 1.807) is 0 Å². The van der Waals surface area contributed by atoms with Gasteiger partial charge in [-0.3, -0.25) is 4.79 Å². The quantitative estimate of drug-likeness (QED) is 0.690. The largest absolute Gasteiger partial charge is 0.481 e. The van der Waals surface area contributed by atoms with Gasteiger partial charge in [-0.2, -0.15) is 0 Å². The summed E-state index contributed by atoms with van der Waals surface area (Å²) in [6, 6.07) is 0. The van der Waals surface area contributed by atoms with E-state index >= 15 is 0 Å². The second kappa shape index (κ2) is 6.80. The SMILES string of the molecule is CCCCCC[C@@H]1OCOC[C@H]1C(=O)O. The Morgan fingerprint density at radius 2 is 2.20 bits per heavy atom. The van der Waals surface area contributed by atoms with E-state index in [2.05, 4.69) is 6.92 Å². The minimum absolute atomic E-state index is 0.159. The lowest BCUT2D eigenvalue weighted by Crippen LogP contribution is -2.39. The Hall–Kier alpha value is -0.610. The second-order valence-electron chi connectivity index (χ2n) is 3.99. The fraction of sp³-hybridized carbons (Fsp3) is 0.909. The highest BCUT2D eigenvalue weighted by Gasteiger charge is 2.31. The van der Waals surface area contributed by atoms with Crippen molar-refractivity contribution >= 4 is 5.97 Å². The summed E-state index contributed by atoms with van der Waals surface area (Å²) in [7, 11) is 0. The maximum atomic E-state index is 10.9. The molecule has 88 valence electrons. The molecule has 1 rings (SSSR count). The molecule has 1 saturated heterocycles. The molecule has 0 saturated carbocycles. The van der Waals surface area contributed by atoms with Crippen LogP contribution in [-0.4, -0.2) is 30.6 Å². The van der Waals surface area contributed by atoms with Crippen LogP contribution in [0.15, 0.2) is 0 Å². The maximum absolute atomic E-state index is 10.9. The summed E-state index contributed by atoms with van der Waals surface area (Å²) in [6.07, 6.45) is 5.28. The molecule has 2 atom stereocenters. The van der Waals surface area contributed by atoms with Crippen molar-refractivity contribution < 1.29 is 19.4 Å². The molecule has 0 amide bonds. The summed E-state index contributed by atoms with van der Waals surface area (Å²) in [5.74, 6) is -1.30. The molecule has 0 spiro atoms. The molecule has 0 bridgehead atoms. The number of rotatable bonds is 6. The van der Waals surface area contributed by atoms with Crippen molar-refractivity contribution in [2.24, 2.45) is 5.92 Å². The maximum Gasteiger partial charge on any atom is 0.311 e. The van der Waals surface area contributed by atoms with Crippen LogP contribution in [0.2, 0.25) is 0 Å². The van der Waals surface area contributed by atoms with Gasteiger partial charge in [0.05, 0.1) is 12.7 Å². The summed E-state index contributed by atoms with van der Waals surface area (Å²) in [6.45, 7) is 2.68. The molecule has 1 heterocycles. The van der Waals surface area contributed by atoms with Gasteiger partial charge >= 0.3 is 5.97 Å². The van der Waals surface area contributed by atoms with Crippen LogP contribution in [0, 0.1) is 5.92 Å². The first-order chi connectivity index (χ1) is 7.25. The molecule has 4 nitrogen and oxygen atoms in total. The molecule has 0 radical (unpaired) electrons. The summed E-state index contributed by atoms with van der Waals surface area (Å²) >= 11 is 0. The number of hydrogen-bond donors (Lipinski definition) is 1. The topological polar surface area (TPSA) is 55.8 Å². The number of hydrogen-bond acceptors (Lipinski definition) is 3. The molecule has 1 fully saturated rings. The Morgan fingerprint density at radius 3 is 2.87 bits per heavy atom. The summed E-state index contributed by atoms with van der Waals surface area (Å²) in [5, 5.41) is 8.95. The third-order valence-electron chi connectivity index (χ3n) is 2.77. The van der Waals surface area contributed by atoms with Gasteiger partial charge in [0.1, 0.15) is 12.7 Å². The van der Waals surface area contributed by atoms with E-state index in [4.69, 9.17) is 14.6 Å². The number of carboxylic acids is 1. The van der Waals surface area contributed by atoms with Gasteiger partial charge in [0, 0.05) is 0 Å². The van der Waals surface area contributed by atoms with E-state index in [1.807, 2.05) is 0 Å². The highest BCUT2D eigenvalue weighted by atomic mass is 16.7. The molecule has 0 aromatic heterocycles. The number of carboxylic acid groups (broad SMARTS) is 1. The Morgan fingerprint density at radius 1 is 1.40 bits per heavy atom. The van der Waals surface area contributed by atoms with E-state index in [9.17, 15) is 4.79 Å². The number of ether oxygens (including phenoxy) is 2. The third-order valence-corrected chi connectivity index (χ3v) is 2.77.